The van der Waals surface area contributed by atoms with Crippen molar-refractivity contribution in [2.75, 3.05) is 12.3 Å². The Bertz CT molecular complexity index is 810. The van der Waals surface area contributed by atoms with E-state index < -0.39 is 36.4 Å². The van der Waals surface area contributed by atoms with Crippen LogP contribution in [0.4, 0.5) is 5.69 Å². The van der Waals surface area contributed by atoms with E-state index in [1.807, 2.05) is 13.8 Å². The number of imidazole rings is 1. The minimum Gasteiger partial charge on any atom is -0.397 e. The molecule has 1 saturated heterocycles. The smallest absolute Gasteiger partial charge is 0.237 e. The molecule has 0 radical (unpaired) electrons. The molecule has 10 nitrogen and oxygen atoms in total. The monoisotopic (exact) mass is 378 g/mol. The van der Waals surface area contributed by atoms with Gasteiger partial charge in [0, 0.05) is 6.20 Å². The molecular weight excluding hydrogens is 352 g/mol. The molecule has 1 aliphatic heterocycles. The summed E-state index contributed by atoms with van der Waals surface area (Å²) in [5.41, 5.74) is 13.2. The highest BCUT2D eigenvalue weighted by Gasteiger charge is 2.46. The van der Waals surface area contributed by atoms with Crippen LogP contribution in [0.3, 0.4) is 0 Å². The van der Waals surface area contributed by atoms with Gasteiger partial charge < -0.3 is 31.7 Å². The van der Waals surface area contributed by atoms with Crippen molar-refractivity contribution in [3.05, 3.63) is 18.6 Å². The number of rotatable bonds is 6. The molecule has 0 saturated carbocycles. The SMILES string of the molecule is CC(C)CC(N)C(=O)N[C@@H]1C(O)[C@H](n2cnc3c(N)ccnc32)O[C@@H]1CO. The van der Waals surface area contributed by atoms with Gasteiger partial charge in [0.1, 0.15) is 17.7 Å². The zero-order chi connectivity index (χ0) is 19.7. The second-order valence-corrected chi connectivity index (χ2v) is 7.23. The zero-order valence-electron chi connectivity index (χ0n) is 15.3. The molecule has 0 spiro atoms. The topological polar surface area (TPSA) is 162 Å². The quantitative estimate of drug-likeness (QED) is 0.433. The van der Waals surface area contributed by atoms with Crippen LogP contribution >= 0.6 is 0 Å². The summed E-state index contributed by atoms with van der Waals surface area (Å²) in [5, 5.41) is 23.1. The number of hydrogen-bond acceptors (Lipinski definition) is 8. The lowest BCUT2D eigenvalue weighted by Gasteiger charge is -2.23. The lowest BCUT2D eigenvalue weighted by atomic mass is 10.0. The molecule has 0 aliphatic carbocycles. The fraction of sp³-hybridized carbons (Fsp3) is 0.588. The molecule has 0 aromatic carbocycles. The molecule has 7 N–H and O–H groups in total. The summed E-state index contributed by atoms with van der Waals surface area (Å²) in [6.45, 7) is 3.56. The number of nitrogens with two attached hydrogens (primary N) is 2. The number of carbonyl (C=O) groups excluding carboxylic acids is 1. The highest BCUT2D eigenvalue weighted by Crippen LogP contribution is 2.32. The number of aliphatic hydroxyl groups is 2. The molecule has 10 heteroatoms. The Labute approximate surface area is 156 Å². The van der Waals surface area contributed by atoms with Crippen molar-refractivity contribution in [3.8, 4) is 0 Å². The van der Waals surface area contributed by atoms with Gasteiger partial charge >= 0.3 is 0 Å². The van der Waals surface area contributed by atoms with Gasteiger partial charge in [-0.3, -0.25) is 9.36 Å². The van der Waals surface area contributed by atoms with E-state index in [4.69, 9.17) is 16.2 Å². The Kier molecular flexibility index (Phi) is 5.61. The first kappa shape index (κ1) is 19.5. The lowest BCUT2D eigenvalue weighted by molar-refractivity contribution is -0.124. The molecule has 2 aromatic heterocycles. The fourth-order valence-electron chi connectivity index (χ4n) is 3.33. The molecule has 2 unspecified atom stereocenters. The molecule has 0 bridgehead atoms. The summed E-state index contributed by atoms with van der Waals surface area (Å²) in [6, 6.07) is 0.108. The average molecular weight is 378 g/mol. The number of pyridine rings is 1. The molecule has 3 rings (SSSR count). The Morgan fingerprint density at radius 2 is 2.19 bits per heavy atom. The largest absolute Gasteiger partial charge is 0.397 e. The number of aliphatic hydroxyl groups excluding tert-OH is 2. The van der Waals surface area contributed by atoms with Gasteiger partial charge in [0.2, 0.25) is 5.91 Å². The number of fused-ring (bicyclic) bond motifs is 1. The third-order valence-corrected chi connectivity index (χ3v) is 4.69. The minimum atomic E-state index is -1.13. The summed E-state index contributed by atoms with van der Waals surface area (Å²) in [4.78, 5) is 20.8. The number of anilines is 1. The number of aromatic nitrogens is 3. The first-order chi connectivity index (χ1) is 12.8. The van der Waals surface area contributed by atoms with Gasteiger partial charge in [0.05, 0.1) is 30.7 Å². The van der Waals surface area contributed by atoms with Crippen molar-refractivity contribution in [3.63, 3.8) is 0 Å². The molecule has 5 atom stereocenters. The van der Waals surface area contributed by atoms with Crippen molar-refractivity contribution in [1.29, 1.82) is 0 Å². The maximum absolute atomic E-state index is 12.4. The maximum atomic E-state index is 12.4. The molecular formula is C17H26N6O4. The Balaban J connectivity index is 1.81. The van der Waals surface area contributed by atoms with Crippen LogP contribution in [0.2, 0.25) is 0 Å². The van der Waals surface area contributed by atoms with Crippen LogP contribution in [0, 0.1) is 5.92 Å². The fourth-order valence-corrected chi connectivity index (χ4v) is 3.33. The van der Waals surface area contributed by atoms with Crippen LogP contribution in [-0.4, -0.2) is 61.6 Å². The van der Waals surface area contributed by atoms with Crippen molar-refractivity contribution >= 4 is 22.8 Å². The molecule has 1 aliphatic rings. The van der Waals surface area contributed by atoms with Crippen molar-refractivity contribution in [1.82, 2.24) is 19.9 Å². The van der Waals surface area contributed by atoms with Crippen molar-refractivity contribution < 1.29 is 19.7 Å². The maximum Gasteiger partial charge on any atom is 0.237 e. The first-order valence-electron chi connectivity index (χ1n) is 8.90. The summed E-state index contributed by atoms with van der Waals surface area (Å²) in [5.74, 6) is -0.140. The summed E-state index contributed by atoms with van der Waals surface area (Å²) < 4.78 is 7.32. The first-order valence-corrected chi connectivity index (χ1v) is 8.90. The van der Waals surface area contributed by atoms with E-state index in [0.29, 0.717) is 23.3 Å². The number of hydrogen-bond donors (Lipinski definition) is 5. The Hall–Kier alpha value is -2.27. The molecule has 27 heavy (non-hydrogen) atoms. The van der Waals surface area contributed by atoms with E-state index in [9.17, 15) is 15.0 Å². The number of nitrogens with zero attached hydrogens (tertiary/aromatic N) is 3. The van der Waals surface area contributed by atoms with Crippen LogP contribution in [0.15, 0.2) is 18.6 Å². The van der Waals surface area contributed by atoms with Crippen molar-refractivity contribution in [2.24, 2.45) is 11.7 Å². The number of nitrogen functional groups attached to an aromatic ring is 1. The van der Waals surface area contributed by atoms with E-state index in [1.165, 1.54) is 12.5 Å². The molecule has 148 valence electrons. The second kappa shape index (κ2) is 7.77. The second-order valence-electron chi connectivity index (χ2n) is 7.23. The normalized spacial score (nSPS) is 26.6. The average Bonchev–Trinajstić information content (AvgIpc) is 3.17. The van der Waals surface area contributed by atoms with E-state index in [-0.39, 0.29) is 12.5 Å². The Morgan fingerprint density at radius 3 is 2.85 bits per heavy atom. The summed E-state index contributed by atoms with van der Waals surface area (Å²) in [6.07, 6.45) is 0.707. The van der Waals surface area contributed by atoms with Gasteiger partial charge in [-0.1, -0.05) is 13.8 Å². The minimum absolute atomic E-state index is 0.255. The standard InChI is InChI=1S/C17H26N6O4/c1-8(2)5-10(19)16(26)22-13-11(6-24)27-17(14(13)25)23-7-21-12-9(18)3-4-20-15(12)23/h3-4,7-8,10-11,13-14,17,24-25H,5-6,19H2,1-2H3,(H2,18,20)(H,22,26)/t10?,11-,13+,14?,17-/m1/s1. The van der Waals surface area contributed by atoms with E-state index >= 15 is 0 Å². The van der Waals surface area contributed by atoms with Crippen LogP contribution in [0.25, 0.3) is 11.2 Å². The van der Waals surface area contributed by atoms with Gasteiger partial charge in [-0.25, -0.2) is 9.97 Å². The van der Waals surface area contributed by atoms with Gasteiger partial charge in [0.15, 0.2) is 11.9 Å². The lowest BCUT2D eigenvalue weighted by Crippen LogP contribution is -2.53. The van der Waals surface area contributed by atoms with Gasteiger partial charge in [-0.2, -0.15) is 0 Å². The summed E-state index contributed by atoms with van der Waals surface area (Å²) in [7, 11) is 0. The number of ether oxygens (including phenoxy) is 1. The van der Waals surface area contributed by atoms with E-state index in [0.717, 1.165) is 0 Å². The Morgan fingerprint density at radius 1 is 1.44 bits per heavy atom. The third-order valence-electron chi connectivity index (χ3n) is 4.69. The van der Waals surface area contributed by atoms with Gasteiger partial charge in [-0.05, 0) is 18.4 Å². The van der Waals surface area contributed by atoms with Crippen LogP contribution in [0.5, 0.6) is 0 Å². The molecule has 2 aromatic rings. The molecule has 1 amide bonds. The summed E-state index contributed by atoms with van der Waals surface area (Å²) >= 11 is 0. The van der Waals surface area contributed by atoms with Crippen molar-refractivity contribution in [2.45, 2.75) is 50.8 Å². The molecule has 1 fully saturated rings. The van der Waals surface area contributed by atoms with E-state index in [2.05, 4.69) is 15.3 Å². The van der Waals surface area contributed by atoms with Crippen LogP contribution in [-0.2, 0) is 9.53 Å². The number of carbonyl (C=O) groups is 1. The van der Waals surface area contributed by atoms with Crippen LogP contribution < -0.4 is 16.8 Å². The zero-order valence-corrected chi connectivity index (χ0v) is 15.3. The van der Waals surface area contributed by atoms with Crippen LogP contribution in [0.1, 0.15) is 26.5 Å². The number of nitrogens with one attached hydrogen (secondary N) is 1. The third kappa shape index (κ3) is 3.74. The highest BCUT2D eigenvalue weighted by atomic mass is 16.5. The van der Waals surface area contributed by atoms with E-state index in [1.54, 1.807) is 10.6 Å². The molecule has 3 heterocycles. The predicted molar refractivity (Wildman–Crippen MR) is 98.3 cm³/mol. The predicted octanol–water partition coefficient (Wildman–Crippen LogP) is -0.878. The number of amides is 1. The van der Waals surface area contributed by atoms with Gasteiger partial charge in [-0.15, -0.1) is 0 Å². The van der Waals surface area contributed by atoms with Gasteiger partial charge in [0.25, 0.3) is 0 Å². The highest BCUT2D eigenvalue weighted by molar-refractivity contribution is 5.84.